The molecule has 0 bridgehead atoms. The van der Waals surface area contributed by atoms with Crippen molar-refractivity contribution < 1.29 is 18.0 Å². The molecule has 0 spiro atoms. The second-order valence-corrected chi connectivity index (χ2v) is 13.1. The molecule has 0 heterocycles. The molecule has 7 nitrogen and oxygen atoms in total. The zero-order valence-corrected chi connectivity index (χ0v) is 26.9. The number of para-hydroxylation sites is 1. The molecule has 43 heavy (non-hydrogen) atoms. The molecule has 0 radical (unpaired) electrons. The topological polar surface area (TPSA) is 86.8 Å². The predicted molar refractivity (Wildman–Crippen MR) is 174 cm³/mol. The number of hydrogen-bond donors (Lipinski definition) is 1. The monoisotopic (exact) mass is 681 g/mol. The van der Waals surface area contributed by atoms with Crippen LogP contribution in [0.15, 0.2) is 119 Å². The Hall–Kier alpha value is -3.66. The minimum absolute atomic E-state index is 0.0173. The van der Waals surface area contributed by atoms with Gasteiger partial charge in [-0.1, -0.05) is 107 Å². The number of nitrogens with one attached hydrogen (secondary N) is 1. The fraction of sp³-hybridized carbons (Fsp3) is 0.212. The SMILES string of the molecule is CCCNC(=O)[C@H](Cc1ccccc1)N(Cc1ccc(Br)cc1)C(=O)CN(c1ccccc1Cl)S(=O)(=O)c1ccccc1. The standard InChI is InChI=1S/C33H33BrClN3O4S/c1-2-21-36-33(40)31(22-25-11-5-3-6-12-25)37(23-26-17-19-27(34)20-18-26)32(39)24-38(30-16-10-9-15-29(30)35)43(41,42)28-13-7-4-8-14-28/h3-20,31H,2,21-24H2,1H3,(H,36,40)/t31-/m0/s1. The zero-order chi connectivity index (χ0) is 30.8. The maximum atomic E-state index is 14.4. The van der Waals surface area contributed by atoms with Gasteiger partial charge in [-0.15, -0.1) is 0 Å². The van der Waals surface area contributed by atoms with Gasteiger partial charge in [-0.05, 0) is 53.9 Å². The first kappa shape index (κ1) is 32.3. The maximum Gasteiger partial charge on any atom is 0.264 e. The van der Waals surface area contributed by atoms with Gasteiger partial charge < -0.3 is 10.2 Å². The Balaban J connectivity index is 1.79. The van der Waals surface area contributed by atoms with E-state index in [0.29, 0.717) is 6.54 Å². The number of nitrogens with zero attached hydrogens (tertiary/aromatic N) is 2. The van der Waals surface area contributed by atoms with Crippen LogP contribution in [0.2, 0.25) is 5.02 Å². The second kappa shape index (κ2) is 15.2. The average molecular weight is 683 g/mol. The van der Waals surface area contributed by atoms with Gasteiger partial charge in [0.1, 0.15) is 12.6 Å². The van der Waals surface area contributed by atoms with E-state index >= 15 is 0 Å². The van der Waals surface area contributed by atoms with E-state index in [0.717, 1.165) is 26.3 Å². The quantitative estimate of drug-likeness (QED) is 0.175. The largest absolute Gasteiger partial charge is 0.354 e. The Morgan fingerprint density at radius 2 is 1.44 bits per heavy atom. The van der Waals surface area contributed by atoms with E-state index in [1.165, 1.54) is 17.0 Å². The van der Waals surface area contributed by atoms with Crippen molar-refractivity contribution in [2.24, 2.45) is 0 Å². The highest BCUT2D eigenvalue weighted by atomic mass is 79.9. The molecule has 0 aliphatic carbocycles. The van der Waals surface area contributed by atoms with Crippen molar-refractivity contribution in [2.75, 3.05) is 17.4 Å². The van der Waals surface area contributed by atoms with Crippen molar-refractivity contribution in [3.63, 3.8) is 0 Å². The van der Waals surface area contributed by atoms with E-state index in [-0.39, 0.29) is 34.5 Å². The van der Waals surface area contributed by atoms with Crippen LogP contribution in [0.5, 0.6) is 0 Å². The summed E-state index contributed by atoms with van der Waals surface area (Å²) >= 11 is 9.94. The molecule has 4 aromatic carbocycles. The lowest BCUT2D eigenvalue weighted by Crippen LogP contribution is -2.53. The molecule has 224 valence electrons. The number of halogens is 2. The van der Waals surface area contributed by atoms with Crippen LogP contribution in [0.1, 0.15) is 24.5 Å². The lowest BCUT2D eigenvalue weighted by Gasteiger charge is -2.34. The Bertz CT molecular complexity index is 1620. The van der Waals surface area contributed by atoms with E-state index < -0.39 is 28.5 Å². The molecule has 0 aliphatic rings. The second-order valence-electron chi connectivity index (χ2n) is 9.92. The van der Waals surface area contributed by atoms with Gasteiger partial charge in [-0.2, -0.15) is 0 Å². The maximum absolute atomic E-state index is 14.4. The minimum Gasteiger partial charge on any atom is -0.354 e. The van der Waals surface area contributed by atoms with Crippen LogP contribution in [-0.4, -0.2) is 44.3 Å². The first-order chi connectivity index (χ1) is 20.7. The smallest absolute Gasteiger partial charge is 0.264 e. The number of hydrogen-bond acceptors (Lipinski definition) is 4. The summed E-state index contributed by atoms with van der Waals surface area (Å²) in [6.45, 7) is 1.92. The third-order valence-corrected chi connectivity index (χ3v) is 9.44. The molecule has 4 rings (SSSR count). The molecular weight excluding hydrogens is 650 g/mol. The van der Waals surface area contributed by atoms with Crippen LogP contribution in [0.25, 0.3) is 0 Å². The molecule has 0 unspecified atom stereocenters. The minimum atomic E-state index is -4.21. The molecule has 10 heteroatoms. The Labute approximate surface area is 266 Å². The van der Waals surface area contributed by atoms with Gasteiger partial charge in [0.05, 0.1) is 15.6 Å². The molecule has 1 N–H and O–H groups in total. The lowest BCUT2D eigenvalue weighted by atomic mass is 10.0. The Morgan fingerprint density at radius 1 is 0.837 bits per heavy atom. The molecule has 0 aromatic heterocycles. The summed E-state index contributed by atoms with van der Waals surface area (Å²) in [5, 5.41) is 3.12. The van der Waals surface area contributed by atoms with Crippen LogP contribution in [0.3, 0.4) is 0 Å². The molecule has 0 fully saturated rings. The summed E-state index contributed by atoms with van der Waals surface area (Å²) in [5.74, 6) is -0.860. The summed E-state index contributed by atoms with van der Waals surface area (Å²) in [6.07, 6.45) is 0.968. The third-order valence-electron chi connectivity index (χ3n) is 6.82. The molecule has 1 atom stereocenters. The van der Waals surface area contributed by atoms with Gasteiger partial charge in [-0.3, -0.25) is 13.9 Å². The fourth-order valence-corrected chi connectivity index (χ4v) is 6.60. The highest BCUT2D eigenvalue weighted by Crippen LogP contribution is 2.31. The number of sulfonamides is 1. The summed E-state index contributed by atoms with van der Waals surface area (Å²) in [4.78, 5) is 29.5. The van der Waals surface area contributed by atoms with Crippen molar-refractivity contribution in [3.05, 3.63) is 130 Å². The van der Waals surface area contributed by atoms with Crippen LogP contribution in [-0.2, 0) is 32.6 Å². The van der Waals surface area contributed by atoms with Gasteiger partial charge in [0.15, 0.2) is 0 Å². The third kappa shape index (κ3) is 8.46. The van der Waals surface area contributed by atoms with Crippen molar-refractivity contribution in [1.29, 1.82) is 0 Å². The molecule has 4 aromatic rings. The van der Waals surface area contributed by atoms with Crippen LogP contribution >= 0.6 is 27.5 Å². The summed E-state index contributed by atoms with van der Waals surface area (Å²) in [6, 6.07) is 30.4. The summed E-state index contributed by atoms with van der Waals surface area (Å²) in [7, 11) is -4.21. The Morgan fingerprint density at radius 3 is 2.07 bits per heavy atom. The fourth-order valence-electron chi connectivity index (χ4n) is 4.59. The van der Waals surface area contributed by atoms with E-state index in [4.69, 9.17) is 11.6 Å². The lowest BCUT2D eigenvalue weighted by molar-refractivity contribution is -0.140. The normalized spacial score (nSPS) is 11.9. The van der Waals surface area contributed by atoms with E-state index in [9.17, 15) is 18.0 Å². The van der Waals surface area contributed by atoms with Gasteiger partial charge in [0.2, 0.25) is 11.8 Å². The van der Waals surface area contributed by atoms with E-state index in [2.05, 4.69) is 21.2 Å². The highest BCUT2D eigenvalue weighted by Gasteiger charge is 2.35. The molecule has 0 saturated carbocycles. The summed E-state index contributed by atoms with van der Waals surface area (Å²) in [5.41, 5.74) is 1.82. The number of carbonyl (C=O) groups is 2. The van der Waals surface area contributed by atoms with Gasteiger partial charge in [0.25, 0.3) is 10.0 Å². The molecule has 2 amide bonds. The van der Waals surface area contributed by atoms with Gasteiger partial charge in [-0.25, -0.2) is 8.42 Å². The van der Waals surface area contributed by atoms with Gasteiger partial charge >= 0.3 is 0 Å². The Kier molecular flexibility index (Phi) is 11.4. The summed E-state index contributed by atoms with van der Waals surface area (Å²) < 4.78 is 29.9. The van der Waals surface area contributed by atoms with Crippen molar-refractivity contribution in [1.82, 2.24) is 10.2 Å². The van der Waals surface area contributed by atoms with Gasteiger partial charge in [0, 0.05) is 24.0 Å². The predicted octanol–water partition coefficient (Wildman–Crippen LogP) is 6.46. The number of carbonyl (C=O) groups excluding carboxylic acids is 2. The molecular formula is C33H33BrClN3O4S. The number of rotatable bonds is 13. The number of amides is 2. The van der Waals surface area contributed by atoms with Crippen LogP contribution in [0, 0.1) is 0 Å². The van der Waals surface area contributed by atoms with Crippen LogP contribution in [0.4, 0.5) is 5.69 Å². The zero-order valence-electron chi connectivity index (χ0n) is 23.7. The van der Waals surface area contributed by atoms with Crippen molar-refractivity contribution in [2.45, 2.75) is 37.2 Å². The van der Waals surface area contributed by atoms with E-state index in [1.54, 1.807) is 42.5 Å². The highest BCUT2D eigenvalue weighted by molar-refractivity contribution is 9.10. The first-order valence-corrected chi connectivity index (χ1v) is 16.5. The van der Waals surface area contributed by atoms with Crippen molar-refractivity contribution >= 4 is 55.1 Å². The molecule has 0 aliphatic heterocycles. The average Bonchev–Trinajstić information content (AvgIpc) is 3.02. The first-order valence-electron chi connectivity index (χ1n) is 13.9. The van der Waals surface area contributed by atoms with Crippen molar-refractivity contribution in [3.8, 4) is 0 Å². The van der Waals surface area contributed by atoms with Crippen LogP contribution < -0.4 is 9.62 Å². The molecule has 0 saturated heterocycles. The number of benzene rings is 4. The van der Waals surface area contributed by atoms with E-state index in [1.807, 2.05) is 61.5 Å². The number of anilines is 1.